The zero-order valence-electron chi connectivity index (χ0n) is 10.8. The lowest BCUT2D eigenvalue weighted by molar-refractivity contribution is -0.131. The maximum absolute atomic E-state index is 10.5. The van der Waals surface area contributed by atoms with Crippen LogP contribution in [0.15, 0.2) is 24.4 Å². The zero-order chi connectivity index (χ0) is 13.5. The van der Waals surface area contributed by atoms with E-state index in [2.05, 4.69) is 4.98 Å². The second-order valence-corrected chi connectivity index (χ2v) is 4.00. The fourth-order valence-corrected chi connectivity index (χ4v) is 1.56. The SMILES string of the molecule is COCC(C)N(C)c1ncccc1/C=C/C(=O)O. The summed E-state index contributed by atoms with van der Waals surface area (Å²) in [5.41, 5.74) is 0.769. The number of hydrogen-bond acceptors (Lipinski definition) is 4. The molecule has 5 nitrogen and oxygen atoms in total. The van der Waals surface area contributed by atoms with Gasteiger partial charge in [-0.3, -0.25) is 0 Å². The summed E-state index contributed by atoms with van der Waals surface area (Å²) < 4.78 is 5.10. The number of nitrogens with zero attached hydrogens (tertiary/aromatic N) is 2. The molecule has 0 radical (unpaired) electrons. The minimum atomic E-state index is -0.975. The highest BCUT2D eigenvalue weighted by atomic mass is 16.5. The van der Waals surface area contributed by atoms with Crippen LogP contribution in [0.5, 0.6) is 0 Å². The predicted octanol–water partition coefficient (Wildman–Crippen LogP) is 1.65. The molecule has 0 aliphatic heterocycles. The minimum absolute atomic E-state index is 0.155. The number of aromatic nitrogens is 1. The fraction of sp³-hybridized carbons (Fsp3) is 0.385. The number of hydrogen-bond donors (Lipinski definition) is 1. The van der Waals surface area contributed by atoms with E-state index in [0.717, 1.165) is 17.5 Å². The molecule has 0 bridgehead atoms. The van der Waals surface area contributed by atoms with Gasteiger partial charge >= 0.3 is 5.97 Å². The van der Waals surface area contributed by atoms with Gasteiger partial charge in [0.05, 0.1) is 12.6 Å². The summed E-state index contributed by atoms with van der Waals surface area (Å²) >= 11 is 0. The topological polar surface area (TPSA) is 62.7 Å². The van der Waals surface area contributed by atoms with Crippen molar-refractivity contribution in [2.45, 2.75) is 13.0 Å². The van der Waals surface area contributed by atoms with E-state index in [-0.39, 0.29) is 6.04 Å². The Balaban J connectivity index is 2.97. The van der Waals surface area contributed by atoms with E-state index in [9.17, 15) is 4.79 Å². The average Bonchev–Trinajstić information content (AvgIpc) is 2.36. The molecule has 18 heavy (non-hydrogen) atoms. The monoisotopic (exact) mass is 250 g/mol. The van der Waals surface area contributed by atoms with Gasteiger partial charge in [-0.1, -0.05) is 0 Å². The second kappa shape index (κ2) is 6.76. The second-order valence-electron chi connectivity index (χ2n) is 4.00. The molecule has 1 heterocycles. The van der Waals surface area contributed by atoms with Crippen molar-refractivity contribution in [3.05, 3.63) is 30.0 Å². The maximum atomic E-state index is 10.5. The molecule has 0 aromatic carbocycles. The van der Waals surface area contributed by atoms with Crippen LogP contribution in [-0.4, -0.2) is 42.9 Å². The molecule has 0 saturated carbocycles. The van der Waals surface area contributed by atoms with Crippen LogP contribution in [-0.2, 0) is 9.53 Å². The average molecular weight is 250 g/mol. The van der Waals surface area contributed by atoms with Crippen LogP contribution in [0.3, 0.4) is 0 Å². The first-order valence-corrected chi connectivity index (χ1v) is 5.64. The molecule has 0 aliphatic carbocycles. The van der Waals surface area contributed by atoms with E-state index in [1.54, 1.807) is 25.4 Å². The van der Waals surface area contributed by atoms with Gasteiger partial charge in [-0.05, 0) is 25.1 Å². The van der Waals surface area contributed by atoms with Crippen molar-refractivity contribution >= 4 is 17.9 Å². The van der Waals surface area contributed by atoms with E-state index in [1.165, 1.54) is 0 Å². The van der Waals surface area contributed by atoms with Crippen LogP contribution in [0.4, 0.5) is 5.82 Å². The van der Waals surface area contributed by atoms with Crippen LogP contribution < -0.4 is 4.90 Å². The molecule has 1 aromatic rings. The Morgan fingerprint density at radius 3 is 3.00 bits per heavy atom. The van der Waals surface area contributed by atoms with Gasteiger partial charge in [0.2, 0.25) is 0 Å². The molecule has 0 saturated heterocycles. The number of carbonyl (C=O) groups is 1. The standard InChI is InChI=1S/C13H18N2O3/c1-10(9-18-3)15(2)13-11(5-4-8-14-13)6-7-12(16)17/h4-8,10H,9H2,1-3H3,(H,16,17)/b7-6+. The number of carboxylic acids is 1. The lowest BCUT2D eigenvalue weighted by Crippen LogP contribution is -2.33. The van der Waals surface area contributed by atoms with Crippen LogP contribution >= 0.6 is 0 Å². The molecule has 0 spiro atoms. The lowest BCUT2D eigenvalue weighted by atomic mass is 10.2. The summed E-state index contributed by atoms with van der Waals surface area (Å²) in [5, 5.41) is 8.66. The van der Waals surface area contributed by atoms with Gasteiger partial charge in [-0.25, -0.2) is 9.78 Å². The van der Waals surface area contributed by atoms with Gasteiger partial charge in [-0.2, -0.15) is 0 Å². The lowest BCUT2D eigenvalue weighted by Gasteiger charge is -2.26. The number of aliphatic carboxylic acids is 1. The molecular formula is C13H18N2O3. The van der Waals surface area contributed by atoms with Crippen LogP contribution in [0, 0.1) is 0 Å². The molecule has 1 unspecified atom stereocenters. The van der Waals surface area contributed by atoms with Crippen LogP contribution in [0.1, 0.15) is 12.5 Å². The van der Waals surface area contributed by atoms with Gasteiger partial charge < -0.3 is 14.7 Å². The summed E-state index contributed by atoms with van der Waals surface area (Å²) in [5.74, 6) is -0.239. The van der Waals surface area contributed by atoms with Gasteiger partial charge in [0, 0.05) is 32.0 Å². The van der Waals surface area contributed by atoms with Crippen molar-refractivity contribution < 1.29 is 14.6 Å². The van der Waals surface area contributed by atoms with E-state index >= 15 is 0 Å². The van der Waals surface area contributed by atoms with Crippen molar-refractivity contribution in [2.75, 3.05) is 25.7 Å². The number of likely N-dealkylation sites (N-methyl/N-ethyl adjacent to an activating group) is 1. The van der Waals surface area contributed by atoms with Gasteiger partial charge in [-0.15, -0.1) is 0 Å². The van der Waals surface area contributed by atoms with E-state index in [4.69, 9.17) is 9.84 Å². The normalized spacial score (nSPS) is 12.6. The molecule has 98 valence electrons. The molecular weight excluding hydrogens is 232 g/mol. The van der Waals surface area contributed by atoms with Gasteiger partial charge in [0.1, 0.15) is 5.82 Å². The Bertz CT molecular complexity index is 432. The molecule has 1 atom stereocenters. The first kappa shape index (κ1) is 14.2. The van der Waals surface area contributed by atoms with E-state index < -0.39 is 5.97 Å². The third-order valence-corrected chi connectivity index (χ3v) is 2.63. The molecule has 5 heteroatoms. The van der Waals surface area contributed by atoms with Crippen molar-refractivity contribution in [2.24, 2.45) is 0 Å². The van der Waals surface area contributed by atoms with Crippen molar-refractivity contribution in [3.8, 4) is 0 Å². The third kappa shape index (κ3) is 3.85. The molecule has 0 amide bonds. The fourth-order valence-electron chi connectivity index (χ4n) is 1.56. The first-order chi connectivity index (χ1) is 8.56. The number of rotatable bonds is 6. The largest absolute Gasteiger partial charge is 0.478 e. The van der Waals surface area contributed by atoms with Crippen molar-refractivity contribution in [3.63, 3.8) is 0 Å². The Morgan fingerprint density at radius 1 is 1.67 bits per heavy atom. The highest BCUT2D eigenvalue weighted by Gasteiger charge is 2.13. The molecule has 1 rings (SSSR count). The van der Waals surface area contributed by atoms with Crippen LogP contribution in [0.25, 0.3) is 6.08 Å². The van der Waals surface area contributed by atoms with Crippen LogP contribution in [0.2, 0.25) is 0 Å². The predicted molar refractivity (Wildman–Crippen MR) is 70.6 cm³/mol. The summed E-state index contributed by atoms with van der Waals surface area (Å²) in [7, 11) is 3.55. The quantitative estimate of drug-likeness (QED) is 0.778. The van der Waals surface area contributed by atoms with Gasteiger partial charge in [0.25, 0.3) is 0 Å². The van der Waals surface area contributed by atoms with Crippen molar-refractivity contribution in [1.82, 2.24) is 4.98 Å². The number of carboxylic acid groups (broad SMARTS) is 1. The summed E-state index contributed by atoms with van der Waals surface area (Å²) in [4.78, 5) is 16.8. The molecule has 1 N–H and O–H groups in total. The maximum Gasteiger partial charge on any atom is 0.328 e. The third-order valence-electron chi connectivity index (χ3n) is 2.63. The van der Waals surface area contributed by atoms with Gasteiger partial charge in [0.15, 0.2) is 0 Å². The summed E-state index contributed by atoms with van der Waals surface area (Å²) in [6, 6.07) is 3.76. The highest BCUT2D eigenvalue weighted by Crippen LogP contribution is 2.19. The molecule has 1 aromatic heterocycles. The summed E-state index contributed by atoms with van der Waals surface area (Å²) in [6.07, 6.45) is 4.33. The van der Waals surface area contributed by atoms with E-state index in [0.29, 0.717) is 6.61 Å². The van der Waals surface area contributed by atoms with Crippen molar-refractivity contribution in [1.29, 1.82) is 0 Å². The number of methoxy groups -OCH3 is 1. The first-order valence-electron chi connectivity index (χ1n) is 5.64. The highest BCUT2D eigenvalue weighted by molar-refractivity contribution is 5.86. The Labute approximate surface area is 107 Å². The minimum Gasteiger partial charge on any atom is -0.478 e. The number of ether oxygens (including phenoxy) is 1. The number of pyridine rings is 1. The number of anilines is 1. The zero-order valence-corrected chi connectivity index (χ0v) is 10.8. The molecule has 0 fully saturated rings. The Morgan fingerprint density at radius 2 is 2.39 bits per heavy atom. The van der Waals surface area contributed by atoms with E-state index in [1.807, 2.05) is 24.9 Å². The smallest absolute Gasteiger partial charge is 0.328 e. The Hall–Kier alpha value is -1.88. The Kier molecular flexibility index (Phi) is 5.32. The molecule has 0 aliphatic rings. The summed E-state index contributed by atoms with van der Waals surface area (Å²) in [6.45, 7) is 2.60.